The van der Waals surface area contributed by atoms with Crippen LogP contribution in [-0.4, -0.2) is 36.1 Å². The molecule has 0 aliphatic carbocycles. The molecule has 5 N–H and O–H groups in total. The van der Waals surface area contributed by atoms with Crippen molar-refractivity contribution in [1.82, 2.24) is 10.6 Å². The summed E-state index contributed by atoms with van der Waals surface area (Å²) >= 11 is 0. The van der Waals surface area contributed by atoms with Gasteiger partial charge in [0.15, 0.2) is 0 Å². The smallest absolute Gasteiger partial charge is 0.416 e. The van der Waals surface area contributed by atoms with Gasteiger partial charge in [0.25, 0.3) is 0 Å². The molecule has 1 amide bonds. The predicted molar refractivity (Wildman–Crippen MR) is 85.6 cm³/mol. The van der Waals surface area contributed by atoms with Gasteiger partial charge in [-0.3, -0.25) is 4.79 Å². The van der Waals surface area contributed by atoms with Crippen LogP contribution >= 0.6 is 0 Å². The molecule has 1 rings (SSSR count). The number of hydrogen-bond acceptors (Lipinski definition) is 4. The number of nitrogens with one attached hydrogen (secondary N) is 2. The second kappa shape index (κ2) is 10.00. The van der Waals surface area contributed by atoms with Crippen molar-refractivity contribution in [1.29, 1.82) is 0 Å². The Labute approximate surface area is 143 Å². The molecule has 0 spiro atoms. The highest BCUT2D eigenvalue weighted by molar-refractivity contribution is 5.84. The fourth-order valence-corrected chi connectivity index (χ4v) is 2.17. The van der Waals surface area contributed by atoms with Crippen LogP contribution in [0.15, 0.2) is 24.3 Å². The van der Waals surface area contributed by atoms with E-state index < -0.39 is 29.7 Å². The number of carbonyl (C=O) groups is 2. The average molecular weight is 361 g/mol. The first-order valence-electron chi connectivity index (χ1n) is 7.83. The molecular weight excluding hydrogens is 339 g/mol. The SMILES string of the molecule is NCCCCC(NC(=O)CNCc1cccc(C(F)(F)F)c1)C(=O)O. The van der Waals surface area contributed by atoms with E-state index in [1.807, 2.05) is 0 Å². The summed E-state index contributed by atoms with van der Waals surface area (Å²) in [5, 5.41) is 14.1. The minimum Gasteiger partial charge on any atom is -0.480 e. The van der Waals surface area contributed by atoms with Gasteiger partial charge in [0.2, 0.25) is 5.91 Å². The van der Waals surface area contributed by atoms with Crippen LogP contribution in [0.2, 0.25) is 0 Å². The van der Waals surface area contributed by atoms with Crippen molar-refractivity contribution < 1.29 is 27.9 Å². The number of halogens is 3. The Bertz CT molecular complexity index is 579. The number of carboxylic acids is 1. The van der Waals surface area contributed by atoms with E-state index in [2.05, 4.69) is 10.6 Å². The Morgan fingerprint density at radius 2 is 1.96 bits per heavy atom. The third-order valence-electron chi connectivity index (χ3n) is 3.45. The number of rotatable bonds is 10. The lowest BCUT2D eigenvalue weighted by atomic mass is 10.1. The topological polar surface area (TPSA) is 104 Å². The lowest BCUT2D eigenvalue weighted by Gasteiger charge is -2.15. The maximum Gasteiger partial charge on any atom is 0.416 e. The molecule has 6 nitrogen and oxygen atoms in total. The second-order valence-corrected chi connectivity index (χ2v) is 5.54. The van der Waals surface area contributed by atoms with Gasteiger partial charge in [-0.25, -0.2) is 4.79 Å². The Morgan fingerprint density at radius 3 is 2.56 bits per heavy atom. The second-order valence-electron chi connectivity index (χ2n) is 5.54. The van der Waals surface area contributed by atoms with Gasteiger partial charge in [0.1, 0.15) is 6.04 Å². The first-order valence-corrected chi connectivity index (χ1v) is 7.83. The molecule has 1 aromatic rings. The molecule has 1 aromatic carbocycles. The van der Waals surface area contributed by atoms with Gasteiger partial charge in [-0.1, -0.05) is 18.2 Å². The molecule has 1 unspecified atom stereocenters. The minimum absolute atomic E-state index is 0.0578. The molecule has 0 fully saturated rings. The van der Waals surface area contributed by atoms with Gasteiger partial charge >= 0.3 is 12.1 Å². The summed E-state index contributed by atoms with van der Waals surface area (Å²) in [7, 11) is 0. The number of hydrogen-bond donors (Lipinski definition) is 4. The number of unbranched alkanes of at least 4 members (excludes halogenated alkanes) is 1. The van der Waals surface area contributed by atoms with Crippen LogP contribution in [0, 0.1) is 0 Å². The molecule has 140 valence electrons. The number of aliphatic carboxylic acids is 1. The summed E-state index contributed by atoms with van der Waals surface area (Å²) in [5.41, 5.74) is 4.95. The van der Waals surface area contributed by atoms with Gasteiger partial charge in [0.05, 0.1) is 12.1 Å². The van der Waals surface area contributed by atoms with Gasteiger partial charge in [-0.15, -0.1) is 0 Å². The summed E-state index contributed by atoms with van der Waals surface area (Å²) < 4.78 is 37.9. The summed E-state index contributed by atoms with van der Waals surface area (Å²) in [6, 6.07) is 3.76. The third kappa shape index (κ3) is 7.99. The molecule has 25 heavy (non-hydrogen) atoms. The Hall–Kier alpha value is -2.13. The van der Waals surface area contributed by atoms with E-state index in [1.165, 1.54) is 12.1 Å². The highest BCUT2D eigenvalue weighted by Crippen LogP contribution is 2.29. The van der Waals surface area contributed by atoms with Crippen LogP contribution in [0.1, 0.15) is 30.4 Å². The number of carboxylic acid groups (broad SMARTS) is 1. The van der Waals surface area contributed by atoms with Crippen molar-refractivity contribution in [3.63, 3.8) is 0 Å². The maximum absolute atomic E-state index is 12.6. The van der Waals surface area contributed by atoms with Gasteiger partial charge in [-0.2, -0.15) is 13.2 Å². The number of alkyl halides is 3. The van der Waals surface area contributed by atoms with Crippen LogP contribution in [-0.2, 0) is 22.3 Å². The maximum atomic E-state index is 12.6. The van der Waals surface area contributed by atoms with E-state index in [0.29, 0.717) is 24.9 Å². The highest BCUT2D eigenvalue weighted by Gasteiger charge is 2.30. The summed E-state index contributed by atoms with van der Waals surface area (Å²) in [4.78, 5) is 22.8. The van der Waals surface area contributed by atoms with Gasteiger partial charge in [0, 0.05) is 6.54 Å². The lowest BCUT2D eigenvalue weighted by molar-refractivity contribution is -0.142. The summed E-state index contributed by atoms with van der Waals surface area (Å²) in [5.74, 6) is -1.67. The zero-order chi connectivity index (χ0) is 18.9. The number of nitrogens with two attached hydrogens (primary N) is 1. The van der Waals surface area contributed by atoms with E-state index >= 15 is 0 Å². The Balaban J connectivity index is 2.44. The number of carbonyl (C=O) groups excluding carboxylic acids is 1. The largest absolute Gasteiger partial charge is 0.480 e. The van der Waals surface area contributed by atoms with Crippen LogP contribution in [0.5, 0.6) is 0 Å². The fourth-order valence-electron chi connectivity index (χ4n) is 2.17. The molecule has 0 aromatic heterocycles. The lowest BCUT2D eigenvalue weighted by Crippen LogP contribution is -2.44. The van der Waals surface area contributed by atoms with E-state index in [1.54, 1.807) is 0 Å². The molecule has 0 aliphatic heterocycles. The van der Waals surface area contributed by atoms with Crippen molar-refractivity contribution >= 4 is 11.9 Å². The van der Waals surface area contributed by atoms with Crippen LogP contribution < -0.4 is 16.4 Å². The molecular formula is C16H22F3N3O3. The van der Waals surface area contributed by atoms with E-state index in [9.17, 15) is 22.8 Å². The van der Waals surface area contributed by atoms with Gasteiger partial charge in [-0.05, 0) is 37.4 Å². The average Bonchev–Trinajstić information content (AvgIpc) is 2.53. The molecule has 0 aliphatic rings. The third-order valence-corrected chi connectivity index (χ3v) is 3.45. The van der Waals surface area contributed by atoms with Crippen LogP contribution in [0.3, 0.4) is 0 Å². The minimum atomic E-state index is -4.42. The molecule has 1 atom stereocenters. The van der Waals surface area contributed by atoms with E-state index in [0.717, 1.165) is 12.1 Å². The van der Waals surface area contributed by atoms with Crippen molar-refractivity contribution in [2.45, 2.75) is 38.0 Å². The molecule has 0 saturated carbocycles. The highest BCUT2D eigenvalue weighted by atomic mass is 19.4. The van der Waals surface area contributed by atoms with Crippen molar-refractivity contribution in [2.24, 2.45) is 5.73 Å². The number of amides is 1. The Morgan fingerprint density at radius 1 is 1.24 bits per heavy atom. The molecule has 9 heteroatoms. The predicted octanol–water partition coefficient (Wildman–Crippen LogP) is 1.49. The van der Waals surface area contributed by atoms with E-state index in [-0.39, 0.29) is 19.5 Å². The van der Waals surface area contributed by atoms with Crippen molar-refractivity contribution in [3.05, 3.63) is 35.4 Å². The van der Waals surface area contributed by atoms with Crippen molar-refractivity contribution in [3.8, 4) is 0 Å². The molecule has 0 radical (unpaired) electrons. The Kier molecular flexibility index (Phi) is 8.36. The van der Waals surface area contributed by atoms with E-state index in [4.69, 9.17) is 10.8 Å². The molecule has 0 bridgehead atoms. The molecule has 0 saturated heterocycles. The number of benzene rings is 1. The standard InChI is InChI=1S/C16H22F3N3O3/c17-16(18,19)12-5-3-4-11(8-12)9-21-10-14(23)22-13(15(24)25)6-1-2-7-20/h3-5,8,13,21H,1-2,6-7,9-10,20H2,(H,22,23)(H,24,25). The van der Waals surface area contributed by atoms with Crippen LogP contribution in [0.25, 0.3) is 0 Å². The fraction of sp³-hybridized carbons (Fsp3) is 0.500. The van der Waals surface area contributed by atoms with Gasteiger partial charge < -0.3 is 21.5 Å². The van der Waals surface area contributed by atoms with Crippen molar-refractivity contribution in [2.75, 3.05) is 13.1 Å². The first-order chi connectivity index (χ1) is 11.7. The molecule has 0 heterocycles. The summed E-state index contributed by atoms with van der Waals surface area (Å²) in [6.45, 7) is 0.304. The zero-order valence-corrected chi connectivity index (χ0v) is 13.6. The first kappa shape index (κ1) is 20.9. The normalized spacial score (nSPS) is 12.6. The van der Waals surface area contributed by atoms with Crippen LogP contribution in [0.4, 0.5) is 13.2 Å². The summed E-state index contributed by atoms with van der Waals surface area (Å²) in [6.07, 6.45) is -2.92. The zero-order valence-electron chi connectivity index (χ0n) is 13.6. The quantitative estimate of drug-likeness (QED) is 0.473. The monoisotopic (exact) mass is 361 g/mol.